The number of anilines is 1. The summed E-state index contributed by atoms with van der Waals surface area (Å²) in [6.45, 7) is 3.20. The Hall–Kier alpha value is -1.84. The van der Waals surface area contributed by atoms with Gasteiger partial charge in [-0.2, -0.15) is 0 Å². The lowest BCUT2D eigenvalue weighted by Gasteiger charge is -2.38. The highest BCUT2D eigenvalue weighted by molar-refractivity contribution is 5.80. The molecule has 1 amide bonds. The van der Waals surface area contributed by atoms with Crippen LogP contribution >= 0.6 is 0 Å². The van der Waals surface area contributed by atoms with E-state index < -0.39 is 0 Å². The van der Waals surface area contributed by atoms with Gasteiger partial charge in [-0.3, -0.25) is 4.79 Å². The predicted molar refractivity (Wildman–Crippen MR) is 84.0 cm³/mol. The molecule has 3 atom stereocenters. The van der Waals surface area contributed by atoms with E-state index in [4.69, 9.17) is 0 Å². The molecule has 1 heterocycles. The lowest BCUT2D eigenvalue weighted by molar-refractivity contribution is -0.136. The summed E-state index contributed by atoms with van der Waals surface area (Å²) < 4.78 is 13.0. The van der Waals surface area contributed by atoms with E-state index in [-0.39, 0.29) is 11.7 Å². The molecule has 0 radical (unpaired) electrons. The van der Waals surface area contributed by atoms with Crippen LogP contribution in [0.2, 0.25) is 0 Å². The number of nitrogens with zero attached hydrogens (tertiary/aromatic N) is 2. The first kappa shape index (κ1) is 13.8. The normalized spacial score (nSPS) is 30.1. The maximum atomic E-state index is 13.0. The molecule has 4 rings (SSSR count). The summed E-state index contributed by atoms with van der Waals surface area (Å²) in [6, 6.07) is 6.62. The Morgan fingerprint density at radius 2 is 1.73 bits per heavy atom. The van der Waals surface area contributed by atoms with Crippen LogP contribution < -0.4 is 4.90 Å². The first-order valence-electron chi connectivity index (χ1n) is 8.18. The topological polar surface area (TPSA) is 23.6 Å². The van der Waals surface area contributed by atoms with Gasteiger partial charge in [0.25, 0.3) is 0 Å². The fourth-order valence-electron chi connectivity index (χ4n) is 4.14. The van der Waals surface area contributed by atoms with Crippen LogP contribution in [0, 0.1) is 23.6 Å². The number of carbonyl (C=O) groups is 1. The molecule has 116 valence electrons. The summed E-state index contributed by atoms with van der Waals surface area (Å²) in [5.41, 5.74) is 1.04. The average molecular weight is 300 g/mol. The monoisotopic (exact) mass is 300 g/mol. The van der Waals surface area contributed by atoms with Crippen LogP contribution in [0.25, 0.3) is 0 Å². The Balaban J connectivity index is 1.36. The number of piperazine rings is 1. The maximum absolute atomic E-state index is 13.0. The molecule has 1 aliphatic heterocycles. The van der Waals surface area contributed by atoms with Crippen molar-refractivity contribution in [3.63, 3.8) is 0 Å². The third-order valence-corrected chi connectivity index (χ3v) is 5.38. The summed E-state index contributed by atoms with van der Waals surface area (Å²) in [4.78, 5) is 17.0. The van der Waals surface area contributed by atoms with E-state index in [0.717, 1.165) is 38.3 Å². The first-order valence-corrected chi connectivity index (χ1v) is 8.18. The zero-order valence-corrected chi connectivity index (χ0v) is 12.6. The summed E-state index contributed by atoms with van der Waals surface area (Å²) in [7, 11) is 0. The van der Waals surface area contributed by atoms with Gasteiger partial charge in [-0.25, -0.2) is 4.39 Å². The van der Waals surface area contributed by atoms with Crippen molar-refractivity contribution < 1.29 is 9.18 Å². The van der Waals surface area contributed by atoms with Crippen LogP contribution in [-0.4, -0.2) is 37.0 Å². The van der Waals surface area contributed by atoms with Gasteiger partial charge in [0.1, 0.15) is 5.82 Å². The Morgan fingerprint density at radius 1 is 1.00 bits per heavy atom. The highest BCUT2D eigenvalue weighted by Crippen LogP contribution is 2.44. The van der Waals surface area contributed by atoms with Crippen molar-refractivity contribution >= 4 is 11.6 Å². The number of fused-ring (bicyclic) bond motifs is 2. The molecule has 1 aromatic rings. The van der Waals surface area contributed by atoms with Gasteiger partial charge in [0.2, 0.25) is 5.91 Å². The van der Waals surface area contributed by atoms with Crippen LogP contribution in [0.5, 0.6) is 0 Å². The van der Waals surface area contributed by atoms with Crippen molar-refractivity contribution in [1.29, 1.82) is 0 Å². The molecule has 3 aliphatic rings. The molecule has 3 unspecified atom stereocenters. The number of carbonyl (C=O) groups excluding carboxylic acids is 1. The molecule has 1 saturated heterocycles. The van der Waals surface area contributed by atoms with Gasteiger partial charge >= 0.3 is 0 Å². The molecule has 4 heteroatoms. The van der Waals surface area contributed by atoms with E-state index >= 15 is 0 Å². The molecule has 3 nitrogen and oxygen atoms in total. The molecular weight excluding hydrogens is 279 g/mol. The maximum Gasteiger partial charge on any atom is 0.226 e. The Bertz CT molecular complexity index is 590. The van der Waals surface area contributed by atoms with Gasteiger partial charge in [-0.15, -0.1) is 0 Å². The van der Waals surface area contributed by atoms with Crippen molar-refractivity contribution in [2.75, 3.05) is 31.1 Å². The third-order valence-electron chi connectivity index (χ3n) is 5.38. The second-order valence-electron chi connectivity index (χ2n) is 6.68. The minimum absolute atomic E-state index is 0.207. The molecule has 22 heavy (non-hydrogen) atoms. The number of rotatable bonds is 2. The van der Waals surface area contributed by atoms with Crippen molar-refractivity contribution in [2.45, 2.75) is 12.8 Å². The standard InChI is InChI=1S/C18H21FN2O/c19-15-3-5-16(6-4-15)20-7-9-21(10-8-20)18(22)17-12-13-1-2-14(17)11-13/h1-6,13-14,17H,7-12H2. The summed E-state index contributed by atoms with van der Waals surface area (Å²) in [5, 5.41) is 0. The summed E-state index contributed by atoms with van der Waals surface area (Å²) >= 11 is 0. The van der Waals surface area contributed by atoms with Crippen molar-refractivity contribution in [3.8, 4) is 0 Å². The molecule has 1 saturated carbocycles. The zero-order chi connectivity index (χ0) is 15.1. The van der Waals surface area contributed by atoms with E-state index in [1.54, 1.807) is 0 Å². The molecule has 0 spiro atoms. The molecule has 2 bridgehead atoms. The van der Waals surface area contributed by atoms with Crippen LogP contribution in [0.4, 0.5) is 10.1 Å². The van der Waals surface area contributed by atoms with Crippen molar-refractivity contribution in [1.82, 2.24) is 4.90 Å². The van der Waals surface area contributed by atoms with Crippen LogP contribution in [0.15, 0.2) is 36.4 Å². The number of hydrogen-bond acceptors (Lipinski definition) is 2. The third kappa shape index (κ3) is 2.40. The first-order chi connectivity index (χ1) is 10.7. The number of hydrogen-bond donors (Lipinski definition) is 0. The summed E-state index contributed by atoms with van der Waals surface area (Å²) in [6.07, 6.45) is 6.73. The molecular formula is C18H21FN2O. The van der Waals surface area contributed by atoms with E-state index in [2.05, 4.69) is 17.1 Å². The quantitative estimate of drug-likeness (QED) is 0.784. The summed E-state index contributed by atoms with van der Waals surface area (Å²) in [5.74, 6) is 1.47. The number of amides is 1. The average Bonchev–Trinajstić information content (AvgIpc) is 3.18. The molecule has 2 aliphatic carbocycles. The van der Waals surface area contributed by atoms with Crippen LogP contribution in [0.1, 0.15) is 12.8 Å². The second kappa shape index (κ2) is 5.41. The Kier molecular flexibility index (Phi) is 3.40. The molecule has 0 aromatic heterocycles. The Morgan fingerprint density at radius 3 is 2.32 bits per heavy atom. The van der Waals surface area contributed by atoms with Crippen LogP contribution in [-0.2, 0) is 4.79 Å². The van der Waals surface area contributed by atoms with Crippen molar-refractivity contribution in [2.24, 2.45) is 17.8 Å². The molecule has 0 N–H and O–H groups in total. The smallest absolute Gasteiger partial charge is 0.226 e. The fraction of sp³-hybridized carbons (Fsp3) is 0.500. The van der Waals surface area contributed by atoms with E-state index in [0.29, 0.717) is 17.7 Å². The fourth-order valence-corrected chi connectivity index (χ4v) is 4.14. The lowest BCUT2D eigenvalue weighted by Crippen LogP contribution is -2.50. The molecule has 1 aromatic carbocycles. The van der Waals surface area contributed by atoms with Gasteiger partial charge in [-0.1, -0.05) is 12.2 Å². The SMILES string of the molecule is O=C(C1CC2C=CC1C2)N1CCN(c2ccc(F)cc2)CC1. The van der Waals surface area contributed by atoms with Gasteiger partial charge in [0.05, 0.1) is 0 Å². The van der Waals surface area contributed by atoms with E-state index in [9.17, 15) is 9.18 Å². The minimum atomic E-state index is -0.207. The van der Waals surface area contributed by atoms with E-state index in [1.807, 2.05) is 17.0 Å². The van der Waals surface area contributed by atoms with Crippen molar-refractivity contribution in [3.05, 3.63) is 42.2 Å². The number of allylic oxidation sites excluding steroid dienone is 2. The van der Waals surface area contributed by atoms with Gasteiger partial charge in [-0.05, 0) is 48.9 Å². The predicted octanol–water partition coefficient (Wildman–Crippen LogP) is 2.69. The minimum Gasteiger partial charge on any atom is -0.368 e. The molecule has 2 fully saturated rings. The highest BCUT2D eigenvalue weighted by Gasteiger charge is 2.41. The number of halogens is 1. The van der Waals surface area contributed by atoms with E-state index in [1.165, 1.54) is 18.6 Å². The second-order valence-corrected chi connectivity index (χ2v) is 6.68. The largest absolute Gasteiger partial charge is 0.368 e. The van der Waals surface area contributed by atoms with Gasteiger partial charge in [0.15, 0.2) is 0 Å². The number of benzene rings is 1. The lowest BCUT2D eigenvalue weighted by atomic mass is 9.92. The van der Waals surface area contributed by atoms with Gasteiger partial charge in [0, 0.05) is 37.8 Å². The Labute approximate surface area is 130 Å². The van der Waals surface area contributed by atoms with Crippen LogP contribution in [0.3, 0.4) is 0 Å². The highest BCUT2D eigenvalue weighted by atomic mass is 19.1. The van der Waals surface area contributed by atoms with Gasteiger partial charge < -0.3 is 9.80 Å². The zero-order valence-electron chi connectivity index (χ0n) is 12.6.